The third-order valence-corrected chi connectivity index (χ3v) is 8.42. The fourth-order valence-electron chi connectivity index (χ4n) is 4.16. The number of nitrogens with zero attached hydrogens (tertiary/aromatic N) is 4. The molecule has 2 heterocycles. The van der Waals surface area contributed by atoms with Crippen LogP contribution in [0.25, 0.3) is 10.9 Å². The number of terminal acetylenes is 1. The highest BCUT2D eigenvalue weighted by atomic mass is 79.9. The molecule has 3 aromatic rings. The highest BCUT2D eigenvalue weighted by Gasteiger charge is 2.18. The van der Waals surface area contributed by atoms with E-state index in [1.165, 1.54) is 0 Å². The summed E-state index contributed by atoms with van der Waals surface area (Å²) in [5, 5.41) is 1.08. The van der Waals surface area contributed by atoms with Crippen molar-refractivity contribution in [1.29, 1.82) is 0 Å². The Bertz CT molecular complexity index is 1330. The molecule has 9 heteroatoms. The molecule has 0 N–H and O–H groups in total. The molecule has 0 bridgehead atoms. The zero-order valence-electron chi connectivity index (χ0n) is 19.0. The van der Waals surface area contributed by atoms with Gasteiger partial charge in [0.2, 0.25) is 0 Å². The molecule has 0 amide bonds. The van der Waals surface area contributed by atoms with Gasteiger partial charge in [-0.05, 0) is 41.5 Å². The lowest BCUT2D eigenvalue weighted by molar-refractivity contribution is 0.138. The summed E-state index contributed by atoms with van der Waals surface area (Å²) in [6.45, 7) is 7.38. The third kappa shape index (κ3) is 5.61. The second-order valence-corrected chi connectivity index (χ2v) is 11.3. The normalized spacial score (nSPS) is 15.9. The zero-order valence-corrected chi connectivity index (χ0v) is 22.1. The number of piperazine rings is 1. The number of rotatable bonds is 7. The van der Waals surface area contributed by atoms with Gasteiger partial charge >= 0.3 is 0 Å². The largest absolute Gasteiger partial charge is 0.296 e. The lowest BCUT2D eigenvalue weighted by atomic mass is 10.1. The van der Waals surface area contributed by atoms with Crippen LogP contribution in [-0.2, 0) is 23.9 Å². The smallest absolute Gasteiger partial charge is 0.261 e. The predicted octanol–water partition coefficient (Wildman–Crippen LogP) is 3.74. The summed E-state index contributed by atoms with van der Waals surface area (Å²) in [6.07, 6.45) is 6.98. The maximum Gasteiger partial charge on any atom is 0.261 e. The molecule has 0 aliphatic carbocycles. The SMILES string of the molecule is C#CCN1CCN(Cc2cc3ncn(Cc4cc(Cl)ccc4S(=O)CC)c(=O)c3cc2Br)CC1. The van der Waals surface area contributed by atoms with Crippen LogP contribution in [0, 0.1) is 12.3 Å². The van der Waals surface area contributed by atoms with Crippen LogP contribution in [0.5, 0.6) is 0 Å². The summed E-state index contributed by atoms with van der Waals surface area (Å²) >= 11 is 9.84. The van der Waals surface area contributed by atoms with E-state index in [1.54, 1.807) is 29.1 Å². The van der Waals surface area contributed by atoms with Crippen LogP contribution in [0.3, 0.4) is 0 Å². The van der Waals surface area contributed by atoms with E-state index in [4.69, 9.17) is 18.0 Å². The summed E-state index contributed by atoms with van der Waals surface area (Å²) in [5.74, 6) is 3.20. The molecular weight excluding hydrogens is 536 g/mol. The number of hydrogen-bond acceptors (Lipinski definition) is 5. The molecule has 0 saturated carbocycles. The molecule has 34 heavy (non-hydrogen) atoms. The molecular formula is C25H26BrClN4O2S. The number of fused-ring (bicyclic) bond motifs is 1. The van der Waals surface area contributed by atoms with Crippen LogP contribution in [0.4, 0.5) is 0 Å². The zero-order chi connectivity index (χ0) is 24.2. The third-order valence-electron chi connectivity index (χ3n) is 6.04. The van der Waals surface area contributed by atoms with E-state index >= 15 is 0 Å². The van der Waals surface area contributed by atoms with Crippen LogP contribution < -0.4 is 5.56 Å². The Hall–Kier alpha value is -2.02. The molecule has 1 saturated heterocycles. The van der Waals surface area contributed by atoms with E-state index in [1.807, 2.05) is 19.1 Å². The van der Waals surface area contributed by atoms with Gasteiger partial charge in [0.1, 0.15) is 0 Å². The first-order valence-electron chi connectivity index (χ1n) is 11.1. The van der Waals surface area contributed by atoms with Gasteiger partial charge in [0, 0.05) is 52.9 Å². The van der Waals surface area contributed by atoms with Crippen molar-refractivity contribution in [2.45, 2.75) is 24.9 Å². The van der Waals surface area contributed by atoms with Gasteiger partial charge < -0.3 is 0 Å². The Labute approximate surface area is 215 Å². The lowest BCUT2D eigenvalue weighted by Gasteiger charge is -2.33. The van der Waals surface area contributed by atoms with Crippen LogP contribution in [-0.4, -0.2) is 62.0 Å². The molecule has 4 rings (SSSR count). The predicted molar refractivity (Wildman–Crippen MR) is 142 cm³/mol. The van der Waals surface area contributed by atoms with Crippen LogP contribution in [0.15, 0.2) is 50.8 Å². The van der Waals surface area contributed by atoms with Gasteiger partial charge in [0.25, 0.3) is 5.56 Å². The van der Waals surface area contributed by atoms with Crippen molar-refractivity contribution < 1.29 is 4.21 Å². The summed E-state index contributed by atoms with van der Waals surface area (Å²) in [5.41, 5.74) is 2.37. The minimum Gasteiger partial charge on any atom is -0.296 e. The molecule has 1 unspecified atom stereocenters. The van der Waals surface area contributed by atoms with E-state index in [0.717, 1.165) is 48.3 Å². The summed E-state index contributed by atoms with van der Waals surface area (Å²) in [7, 11) is -1.15. The van der Waals surface area contributed by atoms with E-state index in [0.29, 0.717) is 33.1 Å². The molecule has 1 atom stereocenters. The summed E-state index contributed by atoms with van der Waals surface area (Å²) < 4.78 is 14.9. The molecule has 0 radical (unpaired) electrons. The molecule has 0 spiro atoms. The van der Waals surface area contributed by atoms with Gasteiger partial charge in [-0.25, -0.2) is 4.98 Å². The van der Waals surface area contributed by atoms with Crippen molar-refractivity contribution in [2.24, 2.45) is 0 Å². The summed E-state index contributed by atoms with van der Waals surface area (Å²) in [6, 6.07) is 9.10. The summed E-state index contributed by atoms with van der Waals surface area (Å²) in [4.78, 5) is 23.2. The van der Waals surface area contributed by atoms with Gasteiger partial charge in [-0.2, -0.15) is 0 Å². The minimum absolute atomic E-state index is 0.145. The number of aromatic nitrogens is 2. The highest BCUT2D eigenvalue weighted by molar-refractivity contribution is 9.10. The number of halogens is 2. The lowest BCUT2D eigenvalue weighted by Crippen LogP contribution is -2.45. The van der Waals surface area contributed by atoms with Gasteiger partial charge in [-0.1, -0.05) is 40.4 Å². The molecule has 2 aromatic carbocycles. The van der Waals surface area contributed by atoms with Crippen molar-refractivity contribution >= 4 is 49.2 Å². The highest BCUT2D eigenvalue weighted by Crippen LogP contribution is 2.24. The van der Waals surface area contributed by atoms with Gasteiger partial charge in [0.05, 0.1) is 41.1 Å². The standard InChI is InChI=1S/C25H26BrClN4O2S/c1-3-7-29-8-10-30(11-9-29)15-18-13-23-21(14-22(18)26)25(32)31(17-28-23)16-19-12-20(27)5-6-24(19)34(33)4-2/h1,5-6,12-14,17H,4,7-11,15-16H2,2H3. The van der Waals surface area contributed by atoms with Crippen molar-refractivity contribution in [1.82, 2.24) is 19.4 Å². The maximum absolute atomic E-state index is 13.3. The Morgan fingerprint density at radius 1 is 1.12 bits per heavy atom. The van der Waals surface area contributed by atoms with Crippen molar-refractivity contribution in [3.8, 4) is 12.3 Å². The topological polar surface area (TPSA) is 58.4 Å². The monoisotopic (exact) mass is 560 g/mol. The van der Waals surface area contributed by atoms with Gasteiger partial charge in [-0.15, -0.1) is 6.42 Å². The fourth-order valence-corrected chi connectivity index (χ4v) is 5.77. The Kier molecular flexibility index (Phi) is 8.22. The van der Waals surface area contributed by atoms with Crippen molar-refractivity contribution in [3.63, 3.8) is 0 Å². The molecule has 1 aliphatic rings. The number of benzene rings is 2. The van der Waals surface area contributed by atoms with E-state index in [2.05, 4.69) is 36.6 Å². The van der Waals surface area contributed by atoms with Crippen LogP contribution in [0.1, 0.15) is 18.1 Å². The van der Waals surface area contributed by atoms with E-state index < -0.39 is 10.8 Å². The Balaban J connectivity index is 1.59. The van der Waals surface area contributed by atoms with Crippen molar-refractivity contribution in [3.05, 3.63) is 67.6 Å². The van der Waals surface area contributed by atoms with Gasteiger partial charge in [0.15, 0.2) is 0 Å². The van der Waals surface area contributed by atoms with Crippen LogP contribution in [0.2, 0.25) is 5.02 Å². The maximum atomic E-state index is 13.3. The quantitative estimate of drug-likeness (QED) is 0.412. The molecule has 1 aliphatic heterocycles. The molecule has 6 nitrogen and oxygen atoms in total. The number of hydrogen-bond donors (Lipinski definition) is 0. The molecule has 178 valence electrons. The fraction of sp³-hybridized carbons (Fsp3) is 0.360. The minimum atomic E-state index is -1.15. The average Bonchev–Trinajstić information content (AvgIpc) is 2.83. The second-order valence-electron chi connectivity index (χ2n) is 8.28. The average molecular weight is 562 g/mol. The van der Waals surface area contributed by atoms with Crippen molar-refractivity contribution in [2.75, 3.05) is 38.5 Å². The van der Waals surface area contributed by atoms with E-state index in [-0.39, 0.29) is 12.1 Å². The first kappa shape index (κ1) is 25.1. The Morgan fingerprint density at radius 2 is 1.85 bits per heavy atom. The Morgan fingerprint density at radius 3 is 2.56 bits per heavy atom. The van der Waals surface area contributed by atoms with Gasteiger partial charge in [-0.3, -0.25) is 23.4 Å². The first-order chi connectivity index (χ1) is 16.4. The molecule has 1 aromatic heterocycles. The first-order valence-corrected chi connectivity index (χ1v) is 13.6. The molecule has 1 fully saturated rings. The second kappa shape index (κ2) is 11.1. The van der Waals surface area contributed by atoms with E-state index in [9.17, 15) is 9.00 Å². The van der Waals surface area contributed by atoms with Crippen LogP contribution >= 0.6 is 27.5 Å².